The zero-order chi connectivity index (χ0) is 10.6. The molecule has 1 aromatic carbocycles. The van der Waals surface area contributed by atoms with Gasteiger partial charge in [0.2, 0.25) is 6.29 Å². The summed E-state index contributed by atoms with van der Waals surface area (Å²) < 4.78 is 12.7. The second-order valence-electron chi connectivity index (χ2n) is 2.58. The van der Waals surface area contributed by atoms with E-state index in [0.29, 0.717) is 5.56 Å². The first kappa shape index (κ1) is 10.7. The lowest BCUT2D eigenvalue weighted by Gasteiger charge is -2.02. The first-order valence-corrected chi connectivity index (χ1v) is 4.18. The van der Waals surface area contributed by atoms with Crippen molar-refractivity contribution in [3.05, 3.63) is 34.6 Å². The lowest BCUT2D eigenvalue weighted by Crippen LogP contribution is -2.23. The number of hydrogen-bond donors (Lipinski definition) is 1. The van der Waals surface area contributed by atoms with Crippen LogP contribution in [0.5, 0.6) is 0 Å². The van der Waals surface area contributed by atoms with E-state index in [9.17, 15) is 14.0 Å². The second kappa shape index (κ2) is 4.72. The van der Waals surface area contributed by atoms with Crippen LogP contribution in [-0.2, 0) is 16.1 Å². The topological polar surface area (TPSA) is 46.2 Å². The average Bonchev–Trinajstić information content (AvgIpc) is 2.19. The molecule has 0 spiro atoms. The van der Waals surface area contributed by atoms with Crippen molar-refractivity contribution >= 4 is 23.8 Å². The fourth-order valence-electron chi connectivity index (χ4n) is 0.880. The molecule has 0 radical (unpaired) electrons. The molecule has 0 aliphatic carbocycles. The smallest absolute Gasteiger partial charge is 0.284 e. The van der Waals surface area contributed by atoms with E-state index in [1.807, 2.05) is 0 Å². The van der Waals surface area contributed by atoms with Crippen LogP contribution < -0.4 is 5.32 Å². The molecule has 1 amide bonds. The maximum Gasteiger partial charge on any atom is 0.284 e. The third-order valence-corrected chi connectivity index (χ3v) is 1.85. The minimum atomic E-state index is -0.717. The molecular weight excluding hydrogens is 209 g/mol. The minimum Gasteiger partial charge on any atom is -0.346 e. The van der Waals surface area contributed by atoms with Crippen molar-refractivity contribution in [2.45, 2.75) is 6.54 Å². The molecule has 1 N–H and O–H groups in total. The van der Waals surface area contributed by atoms with Gasteiger partial charge in [-0.1, -0.05) is 17.7 Å². The molecule has 0 aliphatic heterocycles. The molecule has 14 heavy (non-hydrogen) atoms. The first-order chi connectivity index (χ1) is 6.63. The monoisotopic (exact) mass is 215 g/mol. The summed E-state index contributed by atoms with van der Waals surface area (Å²) in [7, 11) is 0. The maximum absolute atomic E-state index is 12.7. The van der Waals surface area contributed by atoms with E-state index in [1.54, 1.807) is 0 Å². The van der Waals surface area contributed by atoms with Gasteiger partial charge in [-0.25, -0.2) is 4.39 Å². The molecule has 0 aliphatic rings. The van der Waals surface area contributed by atoms with E-state index in [1.165, 1.54) is 18.2 Å². The molecule has 5 heteroatoms. The number of carbonyl (C=O) groups excluding carboxylic acids is 2. The third kappa shape index (κ3) is 2.81. The summed E-state index contributed by atoms with van der Waals surface area (Å²) in [4.78, 5) is 20.5. The van der Waals surface area contributed by atoms with Gasteiger partial charge in [-0.15, -0.1) is 0 Å². The van der Waals surface area contributed by atoms with Crippen molar-refractivity contribution in [2.75, 3.05) is 0 Å². The van der Waals surface area contributed by atoms with Gasteiger partial charge in [0, 0.05) is 6.54 Å². The molecule has 0 bridgehead atoms. The number of amides is 1. The van der Waals surface area contributed by atoms with Crippen molar-refractivity contribution in [2.24, 2.45) is 0 Å². The number of benzene rings is 1. The van der Waals surface area contributed by atoms with Gasteiger partial charge in [0.15, 0.2) is 0 Å². The van der Waals surface area contributed by atoms with Crippen LogP contribution in [0, 0.1) is 5.82 Å². The number of halogens is 2. The summed E-state index contributed by atoms with van der Waals surface area (Å²) in [6.07, 6.45) is 0.172. The summed E-state index contributed by atoms with van der Waals surface area (Å²) in [5.41, 5.74) is 0.631. The highest BCUT2D eigenvalue weighted by atomic mass is 35.5. The highest BCUT2D eigenvalue weighted by molar-refractivity contribution is 6.30. The zero-order valence-corrected chi connectivity index (χ0v) is 7.84. The first-order valence-electron chi connectivity index (χ1n) is 3.80. The van der Waals surface area contributed by atoms with Gasteiger partial charge in [-0.2, -0.15) is 0 Å². The van der Waals surface area contributed by atoms with Gasteiger partial charge in [0.05, 0.1) is 5.02 Å². The Balaban J connectivity index is 2.64. The number of rotatable bonds is 3. The fourth-order valence-corrected chi connectivity index (χ4v) is 1.08. The molecule has 0 atom stereocenters. The molecule has 0 saturated heterocycles. The van der Waals surface area contributed by atoms with Gasteiger partial charge >= 0.3 is 0 Å². The Bertz CT molecular complexity index is 368. The molecule has 0 aromatic heterocycles. The van der Waals surface area contributed by atoms with E-state index in [4.69, 9.17) is 11.6 Å². The van der Waals surface area contributed by atoms with Gasteiger partial charge in [-0.05, 0) is 17.7 Å². The van der Waals surface area contributed by atoms with Crippen LogP contribution in [0.15, 0.2) is 18.2 Å². The zero-order valence-electron chi connectivity index (χ0n) is 7.09. The van der Waals surface area contributed by atoms with E-state index in [0.717, 1.165) is 0 Å². The summed E-state index contributed by atoms with van der Waals surface area (Å²) >= 11 is 5.51. The summed E-state index contributed by atoms with van der Waals surface area (Å²) in [5, 5.41) is 2.30. The molecule has 0 saturated carbocycles. The number of aldehydes is 1. The average molecular weight is 216 g/mol. The van der Waals surface area contributed by atoms with Gasteiger partial charge < -0.3 is 5.32 Å². The van der Waals surface area contributed by atoms with Crippen LogP contribution in [0.1, 0.15) is 5.56 Å². The Morgan fingerprint density at radius 2 is 2.29 bits per heavy atom. The van der Waals surface area contributed by atoms with Crippen LogP contribution in [-0.4, -0.2) is 12.2 Å². The Kier molecular flexibility index (Phi) is 3.59. The molecule has 74 valence electrons. The van der Waals surface area contributed by atoms with Crippen molar-refractivity contribution in [1.82, 2.24) is 5.32 Å². The van der Waals surface area contributed by atoms with E-state index < -0.39 is 11.7 Å². The van der Waals surface area contributed by atoms with Crippen LogP contribution in [0.3, 0.4) is 0 Å². The fraction of sp³-hybridized carbons (Fsp3) is 0.111. The molecule has 1 rings (SSSR count). The van der Waals surface area contributed by atoms with Crippen LogP contribution in [0.2, 0.25) is 5.02 Å². The van der Waals surface area contributed by atoms with Crippen LogP contribution in [0.4, 0.5) is 4.39 Å². The normalized spacial score (nSPS) is 9.57. The van der Waals surface area contributed by atoms with Crippen molar-refractivity contribution in [3.8, 4) is 0 Å². The highest BCUT2D eigenvalue weighted by Gasteiger charge is 2.02. The van der Waals surface area contributed by atoms with Crippen LogP contribution >= 0.6 is 11.6 Å². The van der Waals surface area contributed by atoms with E-state index in [-0.39, 0.29) is 17.9 Å². The van der Waals surface area contributed by atoms with Gasteiger partial charge in [0.1, 0.15) is 5.82 Å². The molecule has 0 unspecified atom stereocenters. The summed E-state index contributed by atoms with van der Waals surface area (Å²) in [5.74, 6) is -1.23. The summed E-state index contributed by atoms with van der Waals surface area (Å²) in [6.45, 7) is 0.150. The van der Waals surface area contributed by atoms with E-state index in [2.05, 4.69) is 5.32 Å². The lowest BCUT2D eigenvalue weighted by atomic mass is 10.2. The van der Waals surface area contributed by atoms with Crippen LogP contribution in [0.25, 0.3) is 0 Å². The maximum atomic E-state index is 12.7. The molecule has 3 nitrogen and oxygen atoms in total. The molecule has 0 heterocycles. The molecule has 0 fully saturated rings. The molecular formula is C9H7ClFNO2. The predicted octanol–water partition coefficient (Wildman–Crippen LogP) is 1.29. The van der Waals surface area contributed by atoms with Crippen molar-refractivity contribution < 1.29 is 14.0 Å². The van der Waals surface area contributed by atoms with E-state index >= 15 is 0 Å². The Labute approximate surface area is 84.9 Å². The van der Waals surface area contributed by atoms with Crippen molar-refractivity contribution in [3.63, 3.8) is 0 Å². The molecule has 1 aromatic rings. The lowest BCUT2D eigenvalue weighted by molar-refractivity contribution is -0.131. The predicted molar refractivity (Wildman–Crippen MR) is 49.3 cm³/mol. The Hall–Kier alpha value is -1.42. The number of carbonyl (C=O) groups is 2. The van der Waals surface area contributed by atoms with Gasteiger partial charge in [0.25, 0.3) is 5.91 Å². The summed E-state index contributed by atoms with van der Waals surface area (Å²) in [6, 6.07) is 4.07. The standard InChI is InChI=1S/C9H7ClFNO2/c10-7-3-6(1-2-8(7)11)4-12-9(14)5-13/h1-3,5H,4H2,(H,12,14). The highest BCUT2D eigenvalue weighted by Crippen LogP contribution is 2.15. The minimum absolute atomic E-state index is 0.0112. The Morgan fingerprint density at radius 1 is 1.57 bits per heavy atom. The quantitative estimate of drug-likeness (QED) is 0.610. The van der Waals surface area contributed by atoms with Gasteiger partial charge in [-0.3, -0.25) is 9.59 Å². The second-order valence-corrected chi connectivity index (χ2v) is 2.99. The number of nitrogens with one attached hydrogen (secondary N) is 1. The number of hydrogen-bond acceptors (Lipinski definition) is 2. The third-order valence-electron chi connectivity index (χ3n) is 1.56. The SMILES string of the molecule is O=CC(=O)NCc1ccc(F)c(Cl)c1. The van der Waals surface area contributed by atoms with Crippen molar-refractivity contribution in [1.29, 1.82) is 0 Å². The largest absolute Gasteiger partial charge is 0.346 e. The Morgan fingerprint density at radius 3 is 2.86 bits per heavy atom.